The molecule has 0 aromatic heterocycles. The van der Waals surface area contributed by atoms with Crippen LogP contribution in [-0.4, -0.2) is 26.8 Å². The molecule has 0 aliphatic rings. The quantitative estimate of drug-likeness (QED) is 0.758. The van der Waals surface area contributed by atoms with Gasteiger partial charge in [-0.3, -0.25) is 0 Å². The Bertz CT molecular complexity index is 778. The summed E-state index contributed by atoms with van der Waals surface area (Å²) >= 11 is 9.25. The maximum absolute atomic E-state index is 12.1. The van der Waals surface area contributed by atoms with Crippen LogP contribution in [0, 0.1) is 0 Å². The molecular formula is C15H15BrClNO3S. The number of nitrogens with zero attached hydrogens (tertiary/aromatic N) is 1. The van der Waals surface area contributed by atoms with Gasteiger partial charge in [0.15, 0.2) is 0 Å². The Morgan fingerprint density at radius 2 is 1.91 bits per heavy atom. The van der Waals surface area contributed by atoms with Gasteiger partial charge < -0.3 is 4.74 Å². The summed E-state index contributed by atoms with van der Waals surface area (Å²) in [5, 5.41) is 0.610. The molecule has 0 aliphatic heterocycles. The van der Waals surface area contributed by atoms with Crippen molar-refractivity contribution < 1.29 is 13.2 Å². The Hall–Kier alpha value is -1.08. The van der Waals surface area contributed by atoms with E-state index in [9.17, 15) is 8.42 Å². The summed E-state index contributed by atoms with van der Waals surface area (Å²) in [6, 6.07) is 11.9. The van der Waals surface area contributed by atoms with Crippen molar-refractivity contribution in [2.45, 2.75) is 11.5 Å². The number of hydrogen-bond donors (Lipinski definition) is 0. The molecule has 7 heteroatoms. The van der Waals surface area contributed by atoms with E-state index in [2.05, 4.69) is 15.9 Å². The second kappa shape index (κ2) is 7.00. The van der Waals surface area contributed by atoms with Crippen molar-refractivity contribution in [2.24, 2.45) is 0 Å². The number of halogens is 2. The summed E-state index contributed by atoms with van der Waals surface area (Å²) in [6.45, 7) is 0.261. The highest BCUT2D eigenvalue weighted by molar-refractivity contribution is 9.10. The van der Waals surface area contributed by atoms with Gasteiger partial charge in [0.2, 0.25) is 10.0 Å². The first-order valence-corrected chi connectivity index (χ1v) is 9.01. The Kier molecular flexibility index (Phi) is 5.50. The lowest BCUT2D eigenvalue weighted by atomic mass is 10.2. The van der Waals surface area contributed by atoms with Crippen LogP contribution in [0.3, 0.4) is 0 Å². The second-order valence-corrected chi connectivity index (χ2v) is 8.24. The van der Waals surface area contributed by atoms with E-state index in [1.807, 2.05) is 6.07 Å². The van der Waals surface area contributed by atoms with Gasteiger partial charge in [-0.25, -0.2) is 12.7 Å². The van der Waals surface area contributed by atoms with Crippen LogP contribution in [0.5, 0.6) is 5.75 Å². The molecule has 118 valence electrons. The molecule has 0 spiro atoms. The highest BCUT2D eigenvalue weighted by Gasteiger charge is 2.17. The van der Waals surface area contributed by atoms with Crippen LogP contribution in [-0.2, 0) is 16.6 Å². The lowest BCUT2D eigenvalue weighted by Gasteiger charge is -2.13. The van der Waals surface area contributed by atoms with Crippen LogP contribution in [0.25, 0.3) is 0 Å². The molecule has 0 radical (unpaired) electrons. The average molecular weight is 405 g/mol. The molecule has 22 heavy (non-hydrogen) atoms. The zero-order valence-electron chi connectivity index (χ0n) is 12.1. The molecular weight excluding hydrogens is 390 g/mol. The van der Waals surface area contributed by atoms with Gasteiger partial charge in [0.1, 0.15) is 12.4 Å². The predicted octanol–water partition coefficient (Wildman–Crippen LogP) is 3.93. The van der Waals surface area contributed by atoms with E-state index in [0.717, 1.165) is 10.0 Å². The maximum Gasteiger partial charge on any atom is 0.242 e. The SMILES string of the molecule is CN(C)S(=O)(=O)c1cccc(COc2ccc(Cl)cc2Br)c1. The standard InChI is InChI=1S/C15H15BrClNO3S/c1-18(2)22(19,20)13-5-3-4-11(8-13)10-21-15-7-6-12(17)9-14(15)16/h3-9H,10H2,1-2H3. The fourth-order valence-corrected chi connectivity index (χ4v) is 3.53. The highest BCUT2D eigenvalue weighted by Crippen LogP contribution is 2.28. The van der Waals surface area contributed by atoms with Crippen LogP contribution in [0.2, 0.25) is 5.02 Å². The van der Waals surface area contributed by atoms with Gasteiger partial charge in [0.25, 0.3) is 0 Å². The van der Waals surface area contributed by atoms with Gasteiger partial charge >= 0.3 is 0 Å². The van der Waals surface area contributed by atoms with E-state index < -0.39 is 10.0 Å². The van der Waals surface area contributed by atoms with Crippen LogP contribution in [0.1, 0.15) is 5.56 Å². The summed E-state index contributed by atoms with van der Waals surface area (Å²) < 4.78 is 31.8. The normalized spacial score (nSPS) is 11.7. The van der Waals surface area contributed by atoms with Crippen LogP contribution < -0.4 is 4.74 Å². The summed E-state index contributed by atoms with van der Waals surface area (Å²) in [6.07, 6.45) is 0. The van der Waals surface area contributed by atoms with Gasteiger partial charge in [0.05, 0.1) is 9.37 Å². The molecule has 0 N–H and O–H groups in total. The summed E-state index contributed by atoms with van der Waals surface area (Å²) in [5.41, 5.74) is 0.768. The van der Waals surface area contributed by atoms with Gasteiger partial charge in [-0.2, -0.15) is 0 Å². The number of rotatable bonds is 5. The predicted molar refractivity (Wildman–Crippen MR) is 90.8 cm³/mol. The number of ether oxygens (including phenoxy) is 1. The van der Waals surface area contributed by atoms with Crippen molar-refractivity contribution >= 4 is 37.6 Å². The zero-order valence-corrected chi connectivity index (χ0v) is 15.2. The van der Waals surface area contributed by atoms with E-state index in [-0.39, 0.29) is 11.5 Å². The number of sulfonamides is 1. The zero-order chi connectivity index (χ0) is 16.3. The minimum atomic E-state index is -3.45. The molecule has 2 rings (SSSR count). The minimum absolute atomic E-state index is 0.244. The first-order valence-electron chi connectivity index (χ1n) is 6.40. The summed E-state index contributed by atoms with van der Waals surface area (Å²) in [7, 11) is -0.438. The number of benzene rings is 2. The van der Waals surface area contributed by atoms with Gasteiger partial charge in [-0.1, -0.05) is 23.7 Å². The molecule has 0 unspecified atom stereocenters. The smallest absolute Gasteiger partial charge is 0.242 e. The van der Waals surface area contributed by atoms with E-state index in [4.69, 9.17) is 16.3 Å². The topological polar surface area (TPSA) is 46.6 Å². The van der Waals surface area contributed by atoms with E-state index in [1.165, 1.54) is 18.4 Å². The van der Waals surface area contributed by atoms with Gasteiger partial charge in [0, 0.05) is 19.1 Å². The molecule has 0 bridgehead atoms. The lowest BCUT2D eigenvalue weighted by molar-refractivity contribution is 0.304. The Morgan fingerprint density at radius 1 is 1.18 bits per heavy atom. The minimum Gasteiger partial charge on any atom is -0.488 e. The third kappa shape index (κ3) is 4.01. The van der Waals surface area contributed by atoms with E-state index in [1.54, 1.807) is 36.4 Å². The third-order valence-corrected chi connectivity index (χ3v) is 5.63. The van der Waals surface area contributed by atoms with Crippen molar-refractivity contribution in [1.82, 2.24) is 4.31 Å². The van der Waals surface area contributed by atoms with Crippen molar-refractivity contribution in [1.29, 1.82) is 0 Å². The Balaban J connectivity index is 2.18. The second-order valence-electron chi connectivity index (χ2n) is 4.80. The van der Waals surface area contributed by atoms with Crippen molar-refractivity contribution in [2.75, 3.05) is 14.1 Å². The van der Waals surface area contributed by atoms with E-state index in [0.29, 0.717) is 10.8 Å². The van der Waals surface area contributed by atoms with Crippen molar-refractivity contribution in [3.05, 3.63) is 57.5 Å². The lowest BCUT2D eigenvalue weighted by Crippen LogP contribution is -2.22. The Labute approximate surface area is 143 Å². The first-order chi connectivity index (χ1) is 10.3. The van der Waals surface area contributed by atoms with Crippen LogP contribution in [0.15, 0.2) is 51.8 Å². The monoisotopic (exact) mass is 403 g/mol. The fraction of sp³-hybridized carbons (Fsp3) is 0.200. The molecule has 0 aliphatic carbocycles. The van der Waals surface area contributed by atoms with Gasteiger partial charge in [-0.15, -0.1) is 0 Å². The molecule has 2 aromatic rings. The third-order valence-electron chi connectivity index (χ3n) is 2.97. The highest BCUT2D eigenvalue weighted by atomic mass is 79.9. The molecule has 2 aromatic carbocycles. The summed E-state index contributed by atoms with van der Waals surface area (Å²) in [5.74, 6) is 0.644. The molecule has 0 saturated heterocycles. The molecule has 0 amide bonds. The van der Waals surface area contributed by atoms with E-state index >= 15 is 0 Å². The first kappa shape index (κ1) is 17.3. The largest absolute Gasteiger partial charge is 0.488 e. The fourth-order valence-electron chi connectivity index (χ4n) is 1.76. The molecule has 0 atom stereocenters. The molecule has 0 heterocycles. The van der Waals surface area contributed by atoms with Crippen LogP contribution in [0.4, 0.5) is 0 Å². The van der Waals surface area contributed by atoms with Crippen molar-refractivity contribution in [3.63, 3.8) is 0 Å². The molecule has 4 nitrogen and oxygen atoms in total. The van der Waals surface area contributed by atoms with Crippen LogP contribution >= 0.6 is 27.5 Å². The molecule has 0 fully saturated rings. The number of hydrogen-bond acceptors (Lipinski definition) is 3. The summed E-state index contributed by atoms with van der Waals surface area (Å²) in [4.78, 5) is 0.244. The maximum atomic E-state index is 12.1. The van der Waals surface area contributed by atoms with Crippen molar-refractivity contribution in [3.8, 4) is 5.75 Å². The van der Waals surface area contributed by atoms with Gasteiger partial charge in [-0.05, 0) is 51.8 Å². The Morgan fingerprint density at radius 3 is 2.55 bits per heavy atom. The average Bonchev–Trinajstić information content (AvgIpc) is 2.46. The molecule has 0 saturated carbocycles.